The highest BCUT2D eigenvalue weighted by Crippen LogP contribution is 2.38. The van der Waals surface area contributed by atoms with Crippen LogP contribution in [0.4, 0.5) is 0 Å². The Morgan fingerprint density at radius 3 is 1.54 bits per heavy atom. The van der Waals surface area contributed by atoms with Crippen LogP contribution in [0.3, 0.4) is 0 Å². The van der Waals surface area contributed by atoms with Crippen LogP contribution in [-0.2, 0) is 23.1 Å². The summed E-state index contributed by atoms with van der Waals surface area (Å²) in [5.74, 6) is -0.541. The second-order valence-corrected chi connectivity index (χ2v) is 16.6. The lowest BCUT2D eigenvalue weighted by molar-refractivity contribution is -0.870. The first kappa shape index (κ1) is 46.7. The van der Waals surface area contributed by atoms with Crippen molar-refractivity contribution >= 4 is 13.8 Å². The van der Waals surface area contributed by atoms with Crippen LogP contribution in [0.1, 0.15) is 171 Å². The smallest absolute Gasteiger partial charge is 0.338 e. The number of quaternary nitrogens is 1. The van der Waals surface area contributed by atoms with Crippen molar-refractivity contribution in [2.45, 2.75) is 167 Å². The Labute approximate surface area is 307 Å². The molecule has 0 saturated heterocycles. The zero-order chi connectivity index (χ0) is 36.6. The molecule has 2 unspecified atom stereocenters. The van der Waals surface area contributed by atoms with Crippen LogP contribution >= 0.6 is 7.82 Å². The van der Waals surface area contributed by atoms with Gasteiger partial charge >= 0.3 is 5.97 Å². The van der Waals surface area contributed by atoms with Crippen molar-refractivity contribution < 1.29 is 37.3 Å². The molecule has 0 fully saturated rings. The van der Waals surface area contributed by atoms with Gasteiger partial charge in [-0.05, 0) is 37.8 Å². The van der Waals surface area contributed by atoms with E-state index in [1.165, 1.54) is 122 Å². The maximum atomic E-state index is 12.7. The predicted molar refractivity (Wildman–Crippen MR) is 205 cm³/mol. The van der Waals surface area contributed by atoms with Gasteiger partial charge in [0.2, 0.25) is 0 Å². The molecule has 8 nitrogen and oxygen atoms in total. The van der Waals surface area contributed by atoms with Crippen molar-refractivity contribution in [3.05, 3.63) is 35.9 Å². The van der Waals surface area contributed by atoms with E-state index in [0.29, 0.717) is 18.6 Å². The summed E-state index contributed by atoms with van der Waals surface area (Å²) in [6.07, 6.45) is 28.8. The average molecular weight is 726 g/mol. The predicted octanol–water partition coefficient (Wildman–Crippen LogP) is 10.8. The van der Waals surface area contributed by atoms with Crippen LogP contribution in [0.25, 0.3) is 0 Å². The van der Waals surface area contributed by atoms with Gasteiger partial charge < -0.3 is 27.9 Å². The van der Waals surface area contributed by atoms with E-state index in [-0.39, 0.29) is 19.8 Å². The third-order valence-corrected chi connectivity index (χ3v) is 10.1. The zero-order valence-electron chi connectivity index (χ0n) is 32.7. The highest BCUT2D eigenvalue weighted by molar-refractivity contribution is 7.45. The zero-order valence-corrected chi connectivity index (χ0v) is 33.6. The van der Waals surface area contributed by atoms with E-state index in [0.717, 1.165) is 36.6 Å². The first-order valence-electron chi connectivity index (χ1n) is 20.4. The van der Waals surface area contributed by atoms with Crippen LogP contribution < -0.4 is 4.89 Å². The molecule has 0 saturated carbocycles. The van der Waals surface area contributed by atoms with E-state index in [1.807, 2.05) is 6.07 Å². The number of carbonyl (C=O) groups excluding carboxylic acids is 1. The monoisotopic (exact) mass is 726 g/mol. The number of hydrogen-bond donors (Lipinski definition) is 0. The van der Waals surface area contributed by atoms with Crippen molar-refractivity contribution in [1.29, 1.82) is 0 Å². The van der Waals surface area contributed by atoms with Crippen LogP contribution in [0.2, 0.25) is 0 Å². The molecule has 50 heavy (non-hydrogen) atoms. The summed E-state index contributed by atoms with van der Waals surface area (Å²) in [5.41, 5.74) is 0.390. The molecule has 0 spiro atoms. The first-order valence-corrected chi connectivity index (χ1v) is 21.8. The lowest BCUT2D eigenvalue weighted by Gasteiger charge is -2.25. The Morgan fingerprint density at radius 2 is 1.06 bits per heavy atom. The molecule has 0 aromatic heterocycles. The summed E-state index contributed by atoms with van der Waals surface area (Å²) < 4.78 is 35.1. The molecule has 0 amide bonds. The molecular weight excluding hydrogens is 649 g/mol. The summed E-state index contributed by atoms with van der Waals surface area (Å²) >= 11 is 0. The maximum absolute atomic E-state index is 12.7. The van der Waals surface area contributed by atoms with E-state index in [9.17, 15) is 14.3 Å². The third kappa shape index (κ3) is 30.4. The van der Waals surface area contributed by atoms with Gasteiger partial charge in [0.25, 0.3) is 7.82 Å². The molecule has 292 valence electrons. The third-order valence-electron chi connectivity index (χ3n) is 9.12. The lowest BCUT2D eigenvalue weighted by atomic mass is 10.0. The molecule has 0 aliphatic rings. The number of phosphoric acid groups is 1. The fourth-order valence-corrected chi connectivity index (χ4v) is 6.79. The number of rotatable bonds is 36. The SMILES string of the molecule is CCCCCCCCCCCCCCCCCCOCC(COP(=O)([O-])OCCCCCCCCCC[N+](C)(C)C)OC(=O)c1ccccc1. The molecule has 1 aromatic rings. The van der Waals surface area contributed by atoms with Crippen molar-refractivity contribution in [2.24, 2.45) is 0 Å². The highest BCUT2D eigenvalue weighted by Gasteiger charge is 2.20. The number of nitrogens with zero attached hydrogens (tertiary/aromatic N) is 1. The van der Waals surface area contributed by atoms with Gasteiger partial charge in [-0.2, -0.15) is 0 Å². The van der Waals surface area contributed by atoms with E-state index in [1.54, 1.807) is 24.3 Å². The number of unbranched alkanes of at least 4 members (excludes halogenated alkanes) is 22. The van der Waals surface area contributed by atoms with Gasteiger partial charge in [0, 0.05) is 6.61 Å². The minimum atomic E-state index is -4.53. The van der Waals surface area contributed by atoms with Crippen molar-refractivity contribution in [3.63, 3.8) is 0 Å². The molecule has 1 aromatic carbocycles. The highest BCUT2D eigenvalue weighted by atomic mass is 31.2. The van der Waals surface area contributed by atoms with E-state index in [4.69, 9.17) is 18.5 Å². The number of hydrogen-bond acceptors (Lipinski definition) is 7. The number of esters is 1. The van der Waals surface area contributed by atoms with Crippen molar-refractivity contribution in [2.75, 3.05) is 54.1 Å². The molecular formula is C41H76NO7P. The molecule has 0 N–H and O–H groups in total. The van der Waals surface area contributed by atoms with Gasteiger partial charge in [-0.1, -0.05) is 154 Å². The van der Waals surface area contributed by atoms with Crippen molar-refractivity contribution in [1.82, 2.24) is 0 Å². The molecule has 0 bridgehead atoms. The van der Waals surface area contributed by atoms with Gasteiger partial charge in [0.15, 0.2) is 0 Å². The van der Waals surface area contributed by atoms with E-state index < -0.39 is 19.9 Å². The fraction of sp³-hybridized carbons (Fsp3) is 0.829. The number of benzene rings is 1. The molecule has 0 radical (unpaired) electrons. The van der Waals surface area contributed by atoms with Gasteiger partial charge in [0.05, 0.1) is 53.1 Å². The van der Waals surface area contributed by atoms with Crippen LogP contribution in [-0.4, -0.2) is 70.7 Å². The standard InChI is InChI=1S/C41H76NO7P/c1-5-6-7-8-9-10-11-12-13-14-15-16-18-21-24-30-35-46-37-40(49-41(43)39-32-27-26-28-33-39)38-48-50(44,45)47-36-31-25-22-19-17-20-23-29-34-42(2,3)4/h26-28,32-33,40H,5-25,29-31,34-38H2,1-4H3. The van der Waals surface area contributed by atoms with Gasteiger partial charge in [0.1, 0.15) is 6.10 Å². The largest absolute Gasteiger partial charge is 0.756 e. The molecule has 0 heterocycles. The average Bonchev–Trinajstić information content (AvgIpc) is 3.08. The molecule has 1 rings (SSSR count). The molecule has 0 aliphatic heterocycles. The Kier molecular flexibility index (Phi) is 29.2. The normalized spacial score (nSPS) is 13.7. The second kappa shape index (κ2) is 31.3. The summed E-state index contributed by atoms with van der Waals surface area (Å²) in [5, 5.41) is 0. The molecule has 0 aliphatic carbocycles. The summed E-state index contributed by atoms with van der Waals surface area (Å²) in [6.45, 7) is 3.82. The number of phosphoric ester groups is 1. The lowest BCUT2D eigenvalue weighted by Crippen LogP contribution is -2.35. The van der Waals surface area contributed by atoms with Gasteiger partial charge in [-0.3, -0.25) is 4.57 Å². The van der Waals surface area contributed by atoms with Gasteiger partial charge in [-0.25, -0.2) is 4.79 Å². The quantitative estimate of drug-likeness (QED) is 0.0294. The Balaban J connectivity index is 2.19. The first-order chi connectivity index (χ1) is 24.1. The topological polar surface area (TPSA) is 94.1 Å². The van der Waals surface area contributed by atoms with Crippen LogP contribution in [0.15, 0.2) is 30.3 Å². The maximum Gasteiger partial charge on any atom is 0.338 e. The Morgan fingerprint density at radius 1 is 0.620 bits per heavy atom. The summed E-state index contributed by atoms with van der Waals surface area (Å²) in [6, 6.07) is 8.64. The Hall–Kier alpha value is -1.28. The fourth-order valence-electron chi connectivity index (χ4n) is 6.01. The van der Waals surface area contributed by atoms with E-state index in [2.05, 4.69) is 28.1 Å². The molecule has 2 atom stereocenters. The van der Waals surface area contributed by atoms with E-state index >= 15 is 0 Å². The summed E-state index contributed by atoms with van der Waals surface area (Å²) in [4.78, 5) is 25.1. The minimum Gasteiger partial charge on any atom is -0.756 e. The molecule has 9 heteroatoms. The van der Waals surface area contributed by atoms with Crippen LogP contribution in [0.5, 0.6) is 0 Å². The second-order valence-electron chi connectivity index (χ2n) is 15.2. The number of ether oxygens (including phenoxy) is 2. The summed E-state index contributed by atoms with van der Waals surface area (Å²) in [7, 11) is 2.15. The Bertz CT molecular complexity index is 956. The van der Waals surface area contributed by atoms with Crippen LogP contribution in [0, 0.1) is 0 Å². The van der Waals surface area contributed by atoms with Crippen molar-refractivity contribution in [3.8, 4) is 0 Å². The van der Waals surface area contributed by atoms with Gasteiger partial charge in [-0.15, -0.1) is 0 Å². The number of carbonyl (C=O) groups is 1. The minimum absolute atomic E-state index is 0.0621.